The van der Waals surface area contributed by atoms with Crippen molar-refractivity contribution in [1.82, 2.24) is 0 Å². The molecule has 0 aliphatic carbocycles. The van der Waals surface area contributed by atoms with Crippen molar-refractivity contribution in [2.75, 3.05) is 5.01 Å². The maximum atomic E-state index is 12.9. The van der Waals surface area contributed by atoms with Crippen LogP contribution in [0.1, 0.15) is 17.3 Å². The van der Waals surface area contributed by atoms with E-state index in [0.717, 1.165) is 16.1 Å². The molecular weight excluding hydrogens is 622 g/mol. The quantitative estimate of drug-likeness (QED) is 0.127. The molecule has 45 heavy (non-hydrogen) atoms. The van der Waals surface area contributed by atoms with Gasteiger partial charge in [0.25, 0.3) is 16.0 Å². The number of azo groups is 2. The summed E-state index contributed by atoms with van der Waals surface area (Å²) in [4.78, 5) is 23.8. The molecule has 1 amide bonds. The van der Waals surface area contributed by atoms with E-state index in [2.05, 4.69) is 25.6 Å². The van der Waals surface area contributed by atoms with E-state index in [0.29, 0.717) is 22.8 Å². The number of hydrogen-bond acceptors (Lipinski definition) is 10. The van der Waals surface area contributed by atoms with Crippen molar-refractivity contribution in [1.29, 1.82) is 0 Å². The summed E-state index contributed by atoms with van der Waals surface area (Å²) in [6.45, 7) is 1.64. The van der Waals surface area contributed by atoms with E-state index >= 15 is 0 Å². The van der Waals surface area contributed by atoms with E-state index in [1.807, 2.05) is 24.3 Å². The predicted octanol–water partition coefficient (Wildman–Crippen LogP) is 5.53. The number of carboxylic acids is 1. The monoisotopic (exact) mass is 644 g/mol. The number of aromatic carboxylic acids is 1. The number of nitrogens with zero attached hydrogens (tertiary/aromatic N) is 6. The molecule has 3 N–H and O–H groups in total. The molecule has 13 nitrogen and oxygen atoms in total. The first-order chi connectivity index (χ1) is 20.5. The van der Waals surface area contributed by atoms with Crippen LogP contribution in [0.3, 0.4) is 0 Å². The van der Waals surface area contributed by atoms with E-state index in [1.54, 1.807) is 31.2 Å². The Kier molecular flexibility index (Phi) is 12.1. The molecule has 5 rings (SSSR count). The van der Waals surface area contributed by atoms with Crippen LogP contribution in [0, 0.1) is 0 Å². The summed E-state index contributed by atoms with van der Waals surface area (Å²) in [5.74, 6) is -2.07. The molecule has 4 aromatic rings. The van der Waals surface area contributed by atoms with Gasteiger partial charge in [0.1, 0.15) is 11.3 Å². The number of amides is 1. The zero-order valence-corrected chi connectivity index (χ0v) is 29.1. The van der Waals surface area contributed by atoms with Gasteiger partial charge >= 0.3 is 5.97 Å². The van der Waals surface area contributed by atoms with Crippen molar-refractivity contribution in [3.63, 3.8) is 0 Å². The Balaban J connectivity index is 0.00000276. The SMILES string of the molecule is CC1=NN(c2ccc(S(=O)(=O)O)cc2)C(=O)C1N=Nc1ccc(-c2ccc(N=Nc3ccc(O)c(C(=O)O)c3)cc2)cc1.[Na].[Na]. The molecule has 0 bridgehead atoms. The number of aromatic hydroxyl groups is 1. The van der Waals surface area contributed by atoms with Crippen molar-refractivity contribution >= 4 is 110 Å². The fourth-order valence-electron chi connectivity index (χ4n) is 4.07. The molecule has 1 unspecified atom stereocenters. The van der Waals surface area contributed by atoms with Crippen LogP contribution in [0.15, 0.2) is 121 Å². The summed E-state index contributed by atoms with van der Waals surface area (Å²) in [5, 5.41) is 40.6. The van der Waals surface area contributed by atoms with E-state index < -0.39 is 28.0 Å². The molecule has 0 aromatic heterocycles. The molecule has 16 heteroatoms. The minimum absolute atomic E-state index is 0. The summed E-state index contributed by atoms with van der Waals surface area (Å²) in [5.41, 5.74) is 3.59. The maximum Gasteiger partial charge on any atom is 0.339 e. The van der Waals surface area contributed by atoms with Gasteiger partial charge in [0.2, 0.25) is 0 Å². The second kappa shape index (κ2) is 15.1. The third-order valence-electron chi connectivity index (χ3n) is 6.32. The Morgan fingerprint density at radius 2 is 1.31 bits per heavy atom. The number of benzene rings is 4. The molecule has 0 fully saturated rings. The summed E-state index contributed by atoms with van der Waals surface area (Å²) >= 11 is 0. The number of carbonyl (C=O) groups excluding carboxylic acids is 1. The van der Waals surface area contributed by atoms with Crippen molar-refractivity contribution in [3.8, 4) is 16.9 Å². The number of hydrazone groups is 1. The zero-order valence-electron chi connectivity index (χ0n) is 24.3. The molecule has 218 valence electrons. The van der Waals surface area contributed by atoms with Crippen LogP contribution in [-0.4, -0.2) is 106 Å². The molecule has 4 aromatic carbocycles. The molecule has 1 atom stereocenters. The van der Waals surface area contributed by atoms with Crippen LogP contribution in [0.25, 0.3) is 11.1 Å². The van der Waals surface area contributed by atoms with Gasteiger partial charge in [-0.25, -0.2) is 4.79 Å². The smallest absolute Gasteiger partial charge is 0.339 e. The molecule has 1 aliphatic rings. The normalized spacial score (nSPS) is 14.7. The first kappa shape index (κ1) is 35.9. The van der Waals surface area contributed by atoms with Crippen molar-refractivity contribution < 1.29 is 32.8 Å². The second-order valence-electron chi connectivity index (χ2n) is 9.28. The van der Waals surface area contributed by atoms with Gasteiger partial charge in [-0.2, -0.15) is 39.0 Å². The van der Waals surface area contributed by atoms with E-state index in [-0.39, 0.29) is 81.0 Å². The number of anilines is 1. The molecule has 1 heterocycles. The summed E-state index contributed by atoms with van der Waals surface area (Å²) < 4.78 is 31.7. The van der Waals surface area contributed by atoms with Gasteiger partial charge in [-0.3, -0.25) is 9.35 Å². The van der Waals surface area contributed by atoms with Crippen LogP contribution in [-0.2, 0) is 14.9 Å². The number of carboxylic acid groups (broad SMARTS) is 1. The Hall–Kier alpha value is -3.60. The number of hydrogen-bond donors (Lipinski definition) is 3. The number of phenols is 1. The van der Waals surface area contributed by atoms with E-state index in [9.17, 15) is 23.1 Å². The molecule has 0 saturated heterocycles. The summed E-state index contributed by atoms with van der Waals surface area (Å²) in [6.07, 6.45) is 0. The van der Waals surface area contributed by atoms with Crippen LogP contribution >= 0.6 is 0 Å². The Bertz CT molecular complexity index is 1920. The Morgan fingerprint density at radius 1 is 0.800 bits per heavy atom. The van der Waals surface area contributed by atoms with Crippen molar-refractivity contribution in [2.45, 2.75) is 17.9 Å². The van der Waals surface area contributed by atoms with Crippen molar-refractivity contribution in [2.24, 2.45) is 25.6 Å². The largest absolute Gasteiger partial charge is 0.507 e. The zero-order chi connectivity index (χ0) is 30.7. The molecule has 1 aliphatic heterocycles. The maximum absolute atomic E-state index is 12.9. The van der Waals surface area contributed by atoms with Crippen LogP contribution in [0.5, 0.6) is 5.75 Å². The minimum Gasteiger partial charge on any atom is -0.507 e. The van der Waals surface area contributed by atoms with Crippen LogP contribution in [0.2, 0.25) is 0 Å². The van der Waals surface area contributed by atoms with Crippen LogP contribution < -0.4 is 5.01 Å². The van der Waals surface area contributed by atoms with Gasteiger partial charge in [-0.1, -0.05) is 24.3 Å². The number of carbonyl (C=O) groups is 2. The van der Waals surface area contributed by atoms with Gasteiger partial charge in [0.05, 0.1) is 33.4 Å². The van der Waals surface area contributed by atoms with Gasteiger partial charge < -0.3 is 10.2 Å². The molecular formula is C29H22N6Na2O7S. The third kappa shape index (κ3) is 8.56. The molecule has 0 spiro atoms. The fourth-order valence-corrected chi connectivity index (χ4v) is 4.55. The topological polar surface area (TPSA) is 194 Å². The third-order valence-corrected chi connectivity index (χ3v) is 7.19. The van der Waals surface area contributed by atoms with Gasteiger partial charge in [0.15, 0.2) is 6.04 Å². The Labute approximate surface area is 301 Å². The van der Waals surface area contributed by atoms with Gasteiger partial charge in [-0.15, -0.1) is 0 Å². The van der Waals surface area contributed by atoms with Gasteiger partial charge in [-0.05, 0) is 84.8 Å². The average Bonchev–Trinajstić information content (AvgIpc) is 3.28. The Morgan fingerprint density at radius 3 is 1.84 bits per heavy atom. The molecule has 0 saturated carbocycles. The minimum atomic E-state index is -4.36. The molecule has 2 radical (unpaired) electrons. The summed E-state index contributed by atoms with van der Waals surface area (Å²) in [6, 6.07) is 22.4. The van der Waals surface area contributed by atoms with E-state index in [4.69, 9.17) is 9.66 Å². The standard InChI is InChI=1S/C29H22N6O7S.2Na/c1-17-27(28(37)35(34-17)23-11-13-24(14-12-23)43(40,41)42)33-31-21-8-4-19(5-9-21)18-2-6-20(7-3-18)30-32-22-10-15-26(36)25(16-22)29(38)39;;/h2-16,27,36H,1H3,(H,38,39)(H,40,41,42);;. The van der Waals surface area contributed by atoms with Gasteiger partial charge in [0, 0.05) is 59.1 Å². The fraction of sp³-hybridized carbons (Fsp3) is 0.0690. The predicted molar refractivity (Wildman–Crippen MR) is 168 cm³/mol. The average molecular weight is 645 g/mol. The summed E-state index contributed by atoms with van der Waals surface area (Å²) in [7, 11) is -4.36. The first-order valence-electron chi connectivity index (χ1n) is 12.6. The number of rotatable bonds is 8. The second-order valence-corrected chi connectivity index (χ2v) is 10.7. The first-order valence-corrected chi connectivity index (χ1v) is 14.0. The van der Waals surface area contributed by atoms with Crippen LogP contribution in [0.4, 0.5) is 22.7 Å². The van der Waals surface area contributed by atoms with Crippen molar-refractivity contribution in [3.05, 3.63) is 96.6 Å². The van der Waals surface area contributed by atoms with E-state index in [1.165, 1.54) is 42.5 Å².